The second kappa shape index (κ2) is 6.55. The second-order valence-electron chi connectivity index (χ2n) is 5.12. The van der Waals surface area contributed by atoms with Gasteiger partial charge in [-0.25, -0.2) is 0 Å². The smallest absolute Gasteiger partial charge is 0.385 e. The number of ether oxygens (including phenoxy) is 1. The molecule has 1 aliphatic carbocycles. The first kappa shape index (κ1) is 15.5. The Bertz CT molecular complexity index is 276. The van der Waals surface area contributed by atoms with Crippen molar-refractivity contribution >= 4 is 5.78 Å². The van der Waals surface area contributed by atoms with Gasteiger partial charge in [-0.3, -0.25) is 4.79 Å². The Kier molecular flexibility index (Phi) is 5.63. The lowest BCUT2D eigenvalue weighted by Gasteiger charge is -2.33. The lowest BCUT2D eigenvalue weighted by atomic mass is 9.73. The zero-order chi connectivity index (χ0) is 13.8. The summed E-state index contributed by atoms with van der Waals surface area (Å²) in [6, 6.07) is 0. The van der Waals surface area contributed by atoms with Crippen molar-refractivity contribution in [3.8, 4) is 0 Å². The molecule has 5 heteroatoms. The number of ketones is 1. The lowest BCUT2D eigenvalue weighted by Crippen LogP contribution is -2.39. The van der Waals surface area contributed by atoms with E-state index in [0.29, 0.717) is 25.9 Å². The van der Waals surface area contributed by atoms with E-state index >= 15 is 0 Å². The summed E-state index contributed by atoms with van der Waals surface area (Å²) in [7, 11) is 1.52. The van der Waals surface area contributed by atoms with E-state index in [4.69, 9.17) is 4.74 Å². The van der Waals surface area contributed by atoms with Crippen molar-refractivity contribution in [1.29, 1.82) is 0 Å². The third-order valence-electron chi connectivity index (χ3n) is 3.79. The predicted molar refractivity (Wildman–Crippen MR) is 62.2 cm³/mol. The number of carbonyl (C=O) groups is 1. The number of methoxy groups -OCH3 is 1. The van der Waals surface area contributed by atoms with Gasteiger partial charge in [0.15, 0.2) is 0 Å². The summed E-state index contributed by atoms with van der Waals surface area (Å²) in [5.41, 5.74) is 0. The van der Waals surface area contributed by atoms with Crippen LogP contribution in [-0.2, 0) is 9.53 Å². The maximum absolute atomic E-state index is 12.9. The molecule has 0 saturated heterocycles. The number of alkyl halides is 3. The fourth-order valence-corrected chi connectivity index (χ4v) is 2.67. The van der Waals surface area contributed by atoms with Crippen LogP contribution in [0.5, 0.6) is 0 Å². The molecule has 1 saturated carbocycles. The first-order valence-corrected chi connectivity index (χ1v) is 6.47. The number of hydrogen-bond donors (Lipinski definition) is 0. The average Bonchev–Trinajstić information content (AvgIpc) is 2.34. The molecule has 0 amide bonds. The molecule has 1 rings (SSSR count). The standard InChI is InChI=1S/C13H21F3O2/c1-9(7-8-18-2)12(17)10-5-3-4-6-11(10)13(14,15)16/h9-11H,3-8H2,1-2H3. The average molecular weight is 266 g/mol. The van der Waals surface area contributed by atoms with Crippen LogP contribution in [0.2, 0.25) is 0 Å². The number of carbonyl (C=O) groups excluding carboxylic acids is 1. The van der Waals surface area contributed by atoms with E-state index in [2.05, 4.69) is 0 Å². The van der Waals surface area contributed by atoms with Gasteiger partial charge in [-0.15, -0.1) is 0 Å². The molecule has 1 aliphatic rings. The van der Waals surface area contributed by atoms with Crippen LogP contribution in [0.1, 0.15) is 39.0 Å². The van der Waals surface area contributed by atoms with E-state index in [0.717, 1.165) is 6.42 Å². The van der Waals surface area contributed by atoms with Crippen LogP contribution in [-0.4, -0.2) is 25.7 Å². The highest BCUT2D eigenvalue weighted by Crippen LogP contribution is 2.42. The highest BCUT2D eigenvalue weighted by atomic mass is 19.4. The van der Waals surface area contributed by atoms with Gasteiger partial charge < -0.3 is 4.74 Å². The molecular formula is C13H21F3O2. The molecule has 0 radical (unpaired) electrons. The van der Waals surface area contributed by atoms with Crippen LogP contribution >= 0.6 is 0 Å². The van der Waals surface area contributed by atoms with Crippen molar-refractivity contribution in [1.82, 2.24) is 0 Å². The van der Waals surface area contributed by atoms with Crippen LogP contribution in [0.4, 0.5) is 13.2 Å². The minimum absolute atomic E-state index is 0.0942. The molecule has 0 heterocycles. The number of halogens is 3. The molecule has 0 aliphatic heterocycles. The fourth-order valence-electron chi connectivity index (χ4n) is 2.67. The van der Waals surface area contributed by atoms with Gasteiger partial charge in [0.1, 0.15) is 5.78 Å². The summed E-state index contributed by atoms with van der Waals surface area (Å²) in [5.74, 6) is -2.87. The van der Waals surface area contributed by atoms with Gasteiger partial charge in [0.25, 0.3) is 0 Å². The van der Waals surface area contributed by atoms with Crippen molar-refractivity contribution in [2.75, 3.05) is 13.7 Å². The molecule has 3 atom stereocenters. The fraction of sp³-hybridized carbons (Fsp3) is 0.923. The highest BCUT2D eigenvalue weighted by Gasteiger charge is 2.48. The maximum Gasteiger partial charge on any atom is 0.392 e. The minimum Gasteiger partial charge on any atom is -0.385 e. The maximum atomic E-state index is 12.9. The molecular weight excluding hydrogens is 245 g/mol. The molecule has 0 aromatic heterocycles. The summed E-state index contributed by atoms with van der Waals surface area (Å²) >= 11 is 0. The molecule has 0 N–H and O–H groups in total. The summed E-state index contributed by atoms with van der Waals surface area (Å²) in [6.07, 6.45) is -1.99. The van der Waals surface area contributed by atoms with Gasteiger partial charge >= 0.3 is 6.18 Å². The van der Waals surface area contributed by atoms with Crippen molar-refractivity contribution in [3.05, 3.63) is 0 Å². The Morgan fingerprint density at radius 3 is 2.50 bits per heavy atom. The van der Waals surface area contributed by atoms with Crippen LogP contribution in [0, 0.1) is 17.8 Å². The Morgan fingerprint density at radius 2 is 1.94 bits per heavy atom. The first-order chi connectivity index (χ1) is 8.38. The summed E-state index contributed by atoms with van der Waals surface area (Å²) < 4.78 is 43.5. The van der Waals surface area contributed by atoms with E-state index in [-0.39, 0.29) is 18.1 Å². The summed E-state index contributed by atoms with van der Waals surface area (Å²) in [6.45, 7) is 2.11. The van der Waals surface area contributed by atoms with Crippen molar-refractivity contribution < 1.29 is 22.7 Å². The zero-order valence-electron chi connectivity index (χ0n) is 10.9. The number of Topliss-reactive ketones (excluding diaryl/α,β-unsaturated/α-hetero) is 1. The van der Waals surface area contributed by atoms with Crippen molar-refractivity contribution in [2.24, 2.45) is 17.8 Å². The Balaban J connectivity index is 2.68. The van der Waals surface area contributed by atoms with Gasteiger partial charge in [-0.1, -0.05) is 19.8 Å². The van der Waals surface area contributed by atoms with Gasteiger partial charge in [0, 0.05) is 25.6 Å². The van der Waals surface area contributed by atoms with Crippen molar-refractivity contribution in [2.45, 2.75) is 45.2 Å². The van der Waals surface area contributed by atoms with Gasteiger partial charge in [0.2, 0.25) is 0 Å². The quantitative estimate of drug-likeness (QED) is 0.760. The molecule has 106 valence electrons. The van der Waals surface area contributed by atoms with E-state index in [1.54, 1.807) is 6.92 Å². The largest absolute Gasteiger partial charge is 0.392 e. The van der Waals surface area contributed by atoms with E-state index < -0.39 is 18.0 Å². The summed E-state index contributed by atoms with van der Waals surface area (Å²) in [5, 5.41) is 0. The third-order valence-corrected chi connectivity index (χ3v) is 3.79. The topological polar surface area (TPSA) is 26.3 Å². The normalized spacial score (nSPS) is 26.9. The van der Waals surface area contributed by atoms with Crippen LogP contribution in [0.25, 0.3) is 0 Å². The predicted octanol–water partition coefficient (Wildman–Crippen LogP) is 3.60. The van der Waals surface area contributed by atoms with Gasteiger partial charge in [0.05, 0.1) is 5.92 Å². The molecule has 0 aromatic carbocycles. The lowest BCUT2D eigenvalue weighted by molar-refractivity contribution is -0.198. The highest BCUT2D eigenvalue weighted by molar-refractivity contribution is 5.83. The summed E-state index contributed by atoms with van der Waals surface area (Å²) in [4.78, 5) is 12.1. The van der Waals surface area contributed by atoms with E-state index in [9.17, 15) is 18.0 Å². The zero-order valence-corrected chi connectivity index (χ0v) is 10.9. The molecule has 18 heavy (non-hydrogen) atoms. The number of rotatable bonds is 5. The molecule has 2 nitrogen and oxygen atoms in total. The monoisotopic (exact) mass is 266 g/mol. The SMILES string of the molecule is COCCC(C)C(=O)C1CCCCC1C(F)(F)F. The number of hydrogen-bond acceptors (Lipinski definition) is 2. The molecule has 3 unspecified atom stereocenters. The van der Waals surface area contributed by atoms with E-state index in [1.165, 1.54) is 7.11 Å². The molecule has 0 spiro atoms. The van der Waals surface area contributed by atoms with Crippen LogP contribution in [0.3, 0.4) is 0 Å². The first-order valence-electron chi connectivity index (χ1n) is 6.47. The Hall–Kier alpha value is -0.580. The van der Waals surface area contributed by atoms with E-state index in [1.807, 2.05) is 0 Å². The molecule has 1 fully saturated rings. The third kappa shape index (κ3) is 3.97. The molecule has 0 aromatic rings. The second-order valence-corrected chi connectivity index (χ2v) is 5.12. The minimum atomic E-state index is -4.25. The Labute approximate surface area is 106 Å². The Morgan fingerprint density at radius 1 is 1.33 bits per heavy atom. The molecule has 0 bridgehead atoms. The van der Waals surface area contributed by atoms with Crippen molar-refractivity contribution in [3.63, 3.8) is 0 Å². The van der Waals surface area contributed by atoms with Gasteiger partial charge in [-0.2, -0.15) is 13.2 Å². The van der Waals surface area contributed by atoms with Crippen LogP contribution < -0.4 is 0 Å². The van der Waals surface area contributed by atoms with Gasteiger partial charge in [-0.05, 0) is 19.3 Å². The van der Waals surface area contributed by atoms with Crippen LogP contribution in [0.15, 0.2) is 0 Å².